The van der Waals surface area contributed by atoms with E-state index in [1.165, 1.54) is 11.8 Å². The standard InChI is InChI=1S/C22H20N4OS/c1-15-7-6-10-18(11-15)25-20(27)14-28-21-12-16(2)24-22-19(13-23-26(21)22)17-8-4-3-5-9-17/h3-13H,14H2,1-2H3,(H,25,27). The highest BCUT2D eigenvalue weighted by Gasteiger charge is 2.13. The van der Waals surface area contributed by atoms with E-state index in [2.05, 4.69) is 15.4 Å². The van der Waals surface area contributed by atoms with Gasteiger partial charge in [0.15, 0.2) is 5.65 Å². The zero-order valence-electron chi connectivity index (χ0n) is 15.7. The third kappa shape index (κ3) is 3.92. The molecule has 140 valence electrons. The molecule has 1 N–H and O–H groups in total. The maximum atomic E-state index is 12.4. The van der Waals surface area contributed by atoms with E-state index in [0.29, 0.717) is 5.75 Å². The van der Waals surface area contributed by atoms with Crippen molar-refractivity contribution in [3.8, 4) is 11.1 Å². The highest BCUT2D eigenvalue weighted by molar-refractivity contribution is 7.99. The minimum absolute atomic E-state index is 0.0475. The van der Waals surface area contributed by atoms with E-state index in [9.17, 15) is 4.79 Å². The van der Waals surface area contributed by atoms with Crippen molar-refractivity contribution in [3.05, 3.63) is 78.1 Å². The third-order valence-electron chi connectivity index (χ3n) is 4.30. The lowest BCUT2D eigenvalue weighted by Gasteiger charge is -2.08. The topological polar surface area (TPSA) is 59.3 Å². The molecule has 2 aromatic carbocycles. The normalized spacial score (nSPS) is 10.9. The molecule has 0 spiro atoms. The van der Waals surface area contributed by atoms with Crippen LogP contribution >= 0.6 is 11.8 Å². The molecule has 4 rings (SSSR count). The number of carbonyl (C=O) groups excluding carboxylic acids is 1. The molecular formula is C22H20N4OS. The van der Waals surface area contributed by atoms with E-state index >= 15 is 0 Å². The molecule has 4 aromatic rings. The lowest BCUT2D eigenvalue weighted by atomic mass is 10.1. The van der Waals surface area contributed by atoms with Crippen molar-refractivity contribution < 1.29 is 4.79 Å². The smallest absolute Gasteiger partial charge is 0.234 e. The van der Waals surface area contributed by atoms with Crippen molar-refractivity contribution in [1.29, 1.82) is 0 Å². The SMILES string of the molecule is Cc1cccc(NC(=O)CSc2cc(C)nc3c(-c4ccccc4)cnn23)c1. The van der Waals surface area contributed by atoms with Crippen molar-refractivity contribution >= 4 is 29.0 Å². The van der Waals surface area contributed by atoms with Crippen LogP contribution in [0.5, 0.6) is 0 Å². The third-order valence-corrected chi connectivity index (χ3v) is 5.30. The van der Waals surface area contributed by atoms with Gasteiger partial charge in [0.25, 0.3) is 0 Å². The Kier molecular flexibility index (Phi) is 5.12. The maximum absolute atomic E-state index is 12.4. The summed E-state index contributed by atoms with van der Waals surface area (Å²) in [6.45, 7) is 3.96. The number of thioether (sulfide) groups is 1. The Morgan fingerprint density at radius 2 is 1.89 bits per heavy atom. The zero-order chi connectivity index (χ0) is 19.5. The van der Waals surface area contributed by atoms with Crippen LogP contribution in [-0.4, -0.2) is 26.3 Å². The first-order valence-corrected chi connectivity index (χ1v) is 9.99. The van der Waals surface area contributed by atoms with Gasteiger partial charge in [-0.05, 0) is 43.2 Å². The average molecular weight is 388 g/mol. The molecule has 0 atom stereocenters. The number of hydrogen-bond acceptors (Lipinski definition) is 4. The lowest BCUT2D eigenvalue weighted by Crippen LogP contribution is -2.14. The number of nitrogens with one attached hydrogen (secondary N) is 1. The van der Waals surface area contributed by atoms with E-state index in [-0.39, 0.29) is 5.91 Å². The van der Waals surface area contributed by atoms with Crippen LogP contribution in [0.3, 0.4) is 0 Å². The van der Waals surface area contributed by atoms with Crippen LogP contribution in [0.15, 0.2) is 71.9 Å². The molecule has 28 heavy (non-hydrogen) atoms. The van der Waals surface area contributed by atoms with Gasteiger partial charge >= 0.3 is 0 Å². The minimum Gasteiger partial charge on any atom is -0.325 e. The predicted molar refractivity (Wildman–Crippen MR) is 114 cm³/mol. The van der Waals surface area contributed by atoms with Crippen molar-refractivity contribution in [1.82, 2.24) is 14.6 Å². The van der Waals surface area contributed by atoms with E-state index in [1.807, 2.05) is 80.7 Å². The summed E-state index contributed by atoms with van der Waals surface area (Å²) in [5.41, 5.74) is 5.67. The number of anilines is 1. The molecule has 0 aliphatic rings. The van der Waals surface area contributed by atoms with Gasteiger partial charge in [0.1, 0.15) is 5.03 Å². The average Bonchev–Trinajstić information content (AvgIpc) is 3.10. The number of aryl methyl sites for hydroxylation is 2. The highest BCUT2D eigenvalue weighted by Crippen LogP contribution is 2.27. The number of amides is 1. The van der Waals surface area contributed by atoms with Crippen LogP contribution in [-0.2, 0) is 4.79 Å². The second-order valence-corrected chi connectivity index (χ2v) is 7.60. The molecule has 2 aromatic heterocycles. The summed E-state index contributed by atoms with van der Waals surface area (Å²) >= 11 is 1.45. The second kappa shape index (κ2) is 7.86. The molecule has 0 fully saturated rings. The molecule has 0 bridgehead atoms. The number of fused-ring (bicyclic) bond motifs is 1. The monoisotopic (exact) mass is 388 g/mol. The largest absolute Gasteiger partial charge is 0.325 e. The van der Waals surface area contributed by atoms with Gasteiger partial charge in [0.2, 0.25) is 5.91 Å². The van der Waals surface area contributed by atoms with E-state index in [4.69, 9.17) is 0 Å². The number of nitrogens with zero attached hydrogens (tertiary/aromatic N) is 3. The molecule has 2 heterocycles. The number of aromatic nitrogens is 3. The van der Waals surface area contributed by atoms with E-state index in [0.717, 1.165) is 38.7 Å². The van der Waals surface area contributed by atoms with Gasteiger partial charge in [-0.1, -0.05) is 54.2 Å². The molecule has 5 nitrogen and oxygen atoms in total. The molecule has 0 radical (unpaired) electrons. The number of carbonyl (C=O) groups is 1. The fraction of sp³-hybridized carbons (Fsp3) is 0.136. The Morgan fingerprint density at radius 1 is 1.07 bits per heavy atom. The Balaban J connectivity index is 1.56. The Bertz CT molecular complexity index is 1140. The summed E-state index contributed by atoms with van der Waals surface area (Å²) in [4.78, 5) is 17.0. The summed E-state index contributed by atoms with van der Waals surface area (Å²) in [5.74, 6) is 0.251. The quantitative estimate of drug-likeness (QED) is 0.396. The summed E-state index contributed by atoms with van der Waals surface area (Å²) < 4.78 is 1.81. The van der Waals surface area contributed by atoms with Crippen LogP contribution in [0.2, 0.25) is 0 Å². The number of hydrogen-bond donors (Lipinski definition) is 1. The molecule has 1 amide bonds. The van der Waals surface area contributed by atoms with Crippen LogP contribution in [0.1, 0.15) is 11.3 Å². The number of benzene rings is 2. The molecule has 0 saturated carbocycles. The number of rotatable bonds is 5. The molecule has 0 saturated heterocycles. The first-order valence-electron chi connectivity index (χ1n) is 9.00. The van der Waals surface area contributed by atoms with Crippen molar-refractivity contribution in [3.63, 3.8) is 0 Å². The van der Waals surface area contributed by atoms with Gasteiger partial charge in [-0.25, -0.2) is 9.50 Å². The molecule has 0 aliphatic heterocycles. The minimum atomic E-state index is -0.0475. The van der Waals surface area contributed by atoms with E-state index < -0.39 is 0 Å². The summed E-state index contributed by atoms with van der Waals surface area (Å²) in [7, 11) is 0. The van der Waals surface area contributed by atoms with Gasteiger partial charge in [-0.3, -0.25) is 4.79 Å². The van der Waals surface area contributed by atoms with E-state index in [1.54, 1.807) is 4.52 Å². The van der Waals surface area contributed by atoms with Crippen molar-refractivity contribution in [2.45, 2.75) is 18.9 Å². The highest BCUT2D eigenvalue weighted by atomic mass is 32.2. The fourth-order valence-corrected chi connectivity index (χ4v) is 3.89. The first kappa shape index (κ1) is 18.3. The summed E-state index contributed by atoms with van der Waals surface area (Å²) in [6.07, 6.45) is 1.83. The van der Waals surface area contributed by atoms with Crippen molar-refractivity contribution in [2.24, 2.45) is 0 Å². The summed E-state index contributed by atoms with van der Waals surface area (Å²) in [5, 5.41) is 8.35. The maximum Gasteiger partial charge on any atom is 0.234 e. The Hall–Kier alpha value is -3.12. The molecule has 6 heteroatoms. The van der Waals surface area contributed by atoms with Gasteiger partial charge in [0, 0.05) is 16.9 Å². The molecule has 0 unspecified atom stereocenters. The van der Waals surface area contributed by atoms with Gasteiger partial charge in [-0.15, -0.1) is 0 Å². The molecule has 0 aliphatic carbocycles. The van der Waals surface area contributed by atoms with Crippen molar-refractivity contribution in [2.75, 3.05) is 11.1 Å². The lowest BCUT2D eigenvalue weighted by molar-refractivity contribution is -0.113. The predicted octanol–water partition coefficient (Wildman–Crippen LogP) is 4.74. The summed E-state index contributed by atoms with van der Waals surface area (Å²) in [6, 6.07) is 19.8. The van der Waals surface area contributed by atoms with Gasteiger partial charge < -0.3 is 5.32 Å². The Labute approximate surface area is 167 Å². The second-order valence-electron chi connectivity index (χ2n) is 6.60. The van der Waals surface area contributed by atoms with Gasteiger partial charge in [-0.2, -0.15) is 5.10 Å². The van der Waals surface area contributed by atoms with Crippen LogP contribution in [0.25, 0.3) is 16.8 Å². The molecular weight excluding hydrogens is 368 g/mol. The van der Waals surface area contributed by atoms with Crippen LogP contribution in [0.4, 0.5) is 5.69 Å². The zero-order valence-corrected chi connectivity index (χ0v) is 16.5. The van der Waals surface area contributed by atoms with Gasteiger partial charge in [0.05, 0.1) is 11.9 Å². The Morgan fingerprint density at radius 3 is 2.68 bits per heavy atom. The fourth-order valence-electron chi connectivity index (χ4n) is 3.03. The van der Waals surface area contributed by atoms with Crippen LogP contribution < -0.4 is 5.32 Å². The first-order chi connectivity index (χ1) is 13.6. The van der Waals surface area contributed by atoms with Crippen LogP contribution in [0, 0.1) is 13.8 Å².